The van der Waals surface area contributed by atoms with Gasteiger partial charge in [0.1, 0.15) is 0 Å². The molecule has 1 heterocycles. The molecular weight excluding hydrogens is 264 g/mol. The molecule has 1 aromatic carbocycles. The number of aromatic carboxylic acids is 1. The Morgan fingerprint density at radius 1 is 1.33 bits per heavy atom. The Kier molecular flexibility index (Phi) is 4.16. The van der Waals surface area contributed by atoms with Crippen molar-refractivity contribution in [2.75, 3.05) is 11.9 Å². The average molecular weight is 286 g/mol. The summed E-state index contributed by atoms with van der Waals surface area (Å²) in [5, 5.41) is 13.5. The molecule has 0 radical (unpaired) electrons. The van der Waals surface area contributed by atoms with Gasteiger partial charge in [-0.2, -0.15) is 0 Å². The fourth-order valence-corrected chi connectivity index (χ4v) is 2.00. The summed E-state index contributed by atoms with van der Waals surface area (Å²) in [5.41, 5.74) is 1.79. The minimum atomic E-state index is -1.01. The first-order chi connectivity index (χ1) is 9.79. The van der Waals surface area contributed by atoms with Crippen LogP contribution in [0.25, 0.3) is 10.9 Å². The molecule has 4 nitrogen and oxygen atoms in total. The Labute approximate surface area is 125 Å². The maximum Gasteiger partial charge on any atom is 0.354 e. The molecule has 21 heavy (non-hydrogen) atoms. The van der Waals surface area contributed by atoms with Crippen molar-refractivity contribution in [1.82, 2.24) is 4.98 Å². The molecule has 2 rings (SSSR count). The van der Waals surface area contributed by atoms with Crippen LogP contribution in [0.2, 0.25) is 0 Å². The first kappa shape index (κ1) is 15.3. The number of nitrogens with zero attached hydrogens (tertiary/aromatic N) is 1. The molecule has 0 aliphatic heterocycles. The summed E-state index contributed by atoms with van der Waals surface area (Å²) in [6.07, 6.45) is 0. The quantitative estimate of drug-likeness (QED) is 0.891. The first-order valence-electron chi connectivity index (χ1n) is 7.16. The Hall–Kier alpha value is -2.10. The van der Waals surface area contributed by atoms with E-state index in [4.69, 9.17) is 0 Å². The van der Waals surface area contributed by atoms with Crippen LogP contribution >= 0.6 is 0 Å². The third-order valence-electron chi connectivity index (χ3n) is 4.01. The van der Waals surface area contributed by atoms with E-state index in [1.54, 1.807) is 6.07 Å². The molecule has 4 heteroatoms. The molecule has 0 spiro atoms. The minimum absolute atomic E-state index is 0.0691. The van der Waals surface area contributed by atoms with Crippen molar-refractivity contribution in [3.63, 3.8) is 0 Å². The van der Waals surface area contributed by atoms with Crippen molar-refractivity contribution in [3.8, 4) is 0 Å². The molecule has 0 amide bonds. The van der Waals surface area contributed by atoms with Gasteiger partial charge in [0.05, 0.1) is 5.52 Å². The van der Waals surface area contributed by atoms with Crippen LogP contribution in [0.5, 0.6) is 0 Å². The van der Waals surface area contributed by atoms with Crippen molar-refractivity contribution in [2.45, 2.75) is 27.7 Å². The maximum atomic E-state index is 11.2. The smallest absolute Gasteiger partial charge is 0.354 e. The Balaban J connectivity index is 2.35. The second-order valence-corrected chi connectivity index (χ2v) is 6.53. The van der Waals surface area contributed by atoms with Crippen LogP contribution in [0.4, 0.5) is 5.69 Å². The van der Waals surface area contributed by atoms with Gasteiger partial charge >= 0.3 is 5.97 Å². The zero-order valence-corrected chi connectivity index (χ0v) is 13.0. The third kappa shape index (κ3) is 3.51. The van der Waals surface area contributed by atoms with Gasteiger partial charge in [-0.3, -0.25) is 0 Å². The number of fused-ring (bicyclic) bond motifs is 1. The largest absolute Gasteiger partial charge is 0.477 e. The lowest BCUT2D eigenvalue weighted by Crippen LogP contribution is -2.25. The number of aromatic nitrogens is 1. The molecule has 1 unspecified atom stereocenters. The molecule has 2 aromatic rings. The van der Waals surface area contributed by atoms with E-state index >= 15 is 0 Å². The number of hydrogen-bond donors (Lipinski definition) is 2. The van der Waals surface area contributed by atoms with Gasteiger partial charge in [0.25, 0.3) is 0 Å². The highest BCUT2D eigenvalue weighted by atomic mass is 16.4. The number of benzene rings is 1. The number of pyridine rings is 1. The van der Waals surface area contributed by atoms with Gasteiger partial charge in [0.15, 0.2) is 5.69 Å². The molecule has 1 atom stereocenters. The molecule has 112 valence electrons. The van der Waals surface area contributed by atoms with Gasteiger partial charge in [-0.05, 0) is 23.5 Å². The van der Waals surface area contributed by atoms with Crippen LogP contribution in [0.3, 0.4) is 0 Å². The Morgan fingerprint density at radius 3 is 2.62 bits per heavy atom. The van der Waals surface area contributed by atoms with E-state index in [9.17, 15) is 9.90 Å². The van der Waals surface area contributed by atoms with Crippen LogP contribution in [0, 0.1) is 11.3 Å². The molecule has 0 aliphatic rings. The monoisotopic (exact) mass is 286 g/mol. The normalized spacial score (nSPS) is 13.1. The predicted molar refractivity (Wildman–Crippen MR) is 85.8 cm³/mol. The summed E-state index contributed by atoms with van der Waals surface area (Å²) in [4.78, 5) is 15.4. The number of anilines is 1. The number of carbonyl (C=O) groups is 1. The van der Waals surface area contributed by atoms with Gasteiger partial charge in [0.2, 0.25) is 0 Å². The van der Waals surface area contributed by atoms with E-state index in [-0.39, 0.29) is 11.1 Å². The minimum Gasteiger partial charge on any atom is -0.477 e. The molecule has 0 saturated heterocycles. The lowest BCUT2D eigenvalue weighted by Gasteiger charge is -2.28. The maximum absolute atomic E-state index is 11.2. The summed E-state index contributed by atoms with van der Waals surface area (Å²) < 4.78 is 0. The van der Waals surface area contributed by atoms with Gasteiger partial charge in [-0.15, -0.1) is 0 Å². The van der Waals surface area contributed by atoms with Gasteiger partial charge < -0.3 is 10.4 Å². The topological polar surface area (TPSA) is 62.2 Å². The fraction of sp³-hybridized carbons (Fsp3) is 0.412. The number of carboxylic acid groups (broad SMARTS) is 1. The second kappa shape index (κ2) is 5.72. The lowest BCUT2D eigenvalue weighted by molar-refractivity contribution is 0.0691. The highest BCUT2D eigenvalue weighted by molar-refractivity contribution is 5.97. The Bertz CT molecular complexity index is 659. The fourth-order valence-electron chi connectivity index (χ4n) is 2.00. The van der Waals surface area contributed by atoms with Crippen molar-refractivity contribution >= 4 is 22.6 Å². The third-order valence-corrected chi connectivity index (χ3v) is 4.01. The molecule has 2 N–H and O–H groups in total. The molecule has 0 aliphatic carbocycles. The lowest BCUT2D eigenvalue weighted by atomic mass is 9.82. The van der Waals surface area contributed by atoms with Crippen LogP contribution in [-0.4, -0.2) is 22.6 Å². The summed E-state index contributed by atoms with van der Waals surface area (Å²) in [5.74, 6) is -0.551. The first-order valence-corrected chi connectivity index (χ1v) is 7.16. The van der Waals surface area contributed by atoms with E-state index in [2.05, 4.69) is 38.0 Å². The predicted octanol–water partition coefficient (Wildman–Crippen LogP) is 4.03. The standard InChI is InChI=1S/C17H22N2O2/c1-11(17(2,3)4)10-18-14-9-15(16(20)21)19-13-8-6-5-7-12(13)14/h5-9,11H,10H2,1-4H3,(H,18,19)(H,20,21). The highest BCUT2D eigenvalue weighted by Gasteiger charge is 2.20. The van der Waals surface area contributed by atoms with Crippen LogP contribution < -0.4 is 5.32 Å². The Morgan fingerprint density at radius 2 is 2.00 bits per heavy atom. The zero-order valence-electron chi connectivity index (χ0n) is 13.0. The van der Waals surface area contributed by atoms with E-state index in [1.807, 2.05) is 24.3 Å². The van der Waals surface area contributed by atoms with Crippen molar-refractivity contribution in [1.29, 1.82) is 0 Å². The molecule has 0 saturated carbocycles. The summed E-state index contributed by atoms with van der Waals surface area (Å²) in [6.45, 7) is 9.58. The molecule has 1 aromatic heterocycles. The summed E-state index contributed by atoms with van der Waals surface area (Å²) in [7, 11) is 0. The molecule has 0 fully saturated rings. The molecule has 0 bridgehead atoms. The van der Waals surface area contributed by atoms with Crippen LogP contribution in [0.15, 0.2) is 30.3 Å². The number of carboxylic acids is 1. The van der Waals surface area contributed by atoms with Gasteiger partial charge in [0, 0.05) is 17.6 Å². The summed E-state index contributed by atoms with van der Waals surface area (Å²) in [6, 6.07) is 9.20. The number of hydrogen-bond acceptors (Lipinski definition) is 3. The SMILES string of the molecule is CC(CNc1cc(C(=O)O)nc2ccccc12)C(C)(C)C. The average Bonchev–Trinajstić information content (AvgIpc) is 2.42. The molecular formula is C17H22N2O2. The number of para-hydroxylation sites is 1. The van der Waals surface area contributed by atoms with E-state index in [0.717, 1.165) is 17.6 Å². The summed E-state index contributed by atoms with van der Waals surface area (Å²) >= 11 is 0. The van der Waals surface area contributed by atoms with Crippen LogP contribution in [-0.2, 0) is 0 Å². The zero-order chi connectivity index (χ0) is 15.6. The van der Waals surface area contributed by atoms with Gasteiger partial charge in [-0.1, -0.05) is 45.9 Å². The van der Waals surface area contributed by atoms with Crippen LogP contribution in [0.1, 0.15) is 38.2 Å². The van der Waals surface area contributed by atoms with Gasteiger partial charge in [-0.25, -0.2) is 9.78 Å². The van der Waals surface area contributed by atoms with E-state index in [1.165, 1.54) is 0 Å². The van der Waals surface area contributed by atoms with E-state index < -0.39 is 5.97 Å². The second-order valence-electron chi connectivity index (χ2n) is 6.53. The van der Waals surface area contributed by atoms with Crippen molar-refractivity contribution in [3.05, 3.63) is 36.0 Å². The van der Waals surface area contributed by atoms with Crippen molar-refractivity contribution in [2.24, 2.45) is 11.3 Å². The van der Waals surface area contributed by atoms with Crippen molar-refractivity contribution < 1.29 is 9.90 Å². The highest BCUT2D eigenvalue weighted by Crippen LogP contribution is 2.28. The number of rotatable bonds is 4. The van der Waals surface area contributed by atoms with E-state index in [0.29, 0.717) is 11.4 Å². The number of nitrogens with one attached hydrogen (secondary N) is 1.